The van der Waals surface area contributed by atoms with Crippen LogP contribution in [-0.2, 0) is 9.53 Å². The van der Waals surface area contributed by atoms with E-state index in [1.807, 2.05) is 33.8 Å². The first-order chi connectivity index (χ1) is 8.36. The summed E-state index contributed by atoms with van der Waals surface area (Å²) >= 11 is 1.59. The predicted octanol–water partition coefficient (Wildman–Crippen LogP) is 2.39. The number of carbonyl (C=O) groups excluding carboxylic acids is 2. The van der Waals surface area contributed by atoms with E-state index in [2.05, 4.69) is 4.74 Å². The molecule has 1 rings (SSSR count). The van der Waals surface area contributed by atoms with E-state index in [1.54, 1.807) is 11.3 Å². The molecule has 0 atom stereocenters. The fourth-order valence-electron chi connectivity index (χ4n) is 1.69. The molecule has 1 amide bonds. The van der Waals surface area contributed by atoms with Crippen molar-refractivity contribution < 1.29 is 14.3 Å². The molecule has 0 aromatic carbocycles. The molecule has 4 nitrogen and oxygen atoms in total. The van der Waals surface area contributed by atoms with Gasteiger partial charge in [-0.2, -0.15) is 0 Å². The minimum atomic E-state index is -0.401. The van der Waals surface area contributed by atoms with E-state index in [1.165, 1.54) is 12.0 Å². The summed E-state index contributed by atoms with van der Waals surface area (Å²) in [5.41, 5.74) is 0.676. The summed E-state index contributed by atoms with van der Waals surface area (Å²) in [7, 11) is 1.32. The Kier molecular flexibility index (Phi) is 4.90. The molecule has 18 heavy (non-hydrogen) atoms. The van der Waals surface area contributed by atoms with Crippen LogP contribution in [0.15, 0.2) is 6.07 Å². The van der Waals surface area contributed by atoms with Crippen molar-refractivity contribution in [3.05, 3.63) is 21.4 Å². The van der Waals surface area contributed by atoms with Gasteiger partial charge in [0.25, 0.3) is 5.91 Å². The number of carbonyl (C=O) groups is 2. The van der Waals surface area contributed by atoms with Gasteiger partial charge >= 0.3 is 5.97 Å². The molecule has 1 heterocycles. The van der Waals surface area contributed by atoms with Crippen molar-refractivity contribution in [1.29, 1.82) is 0 Å². The van der Waals surface area contributed by atoms with Crippen LogP contribution in [0, 0.1) is 13.8 Å². The number of nitrogens with zero attached hydrogens (tertiary/aromatic N) is 1. The molecule has 0 aliphatic heterocycles. The molecule has 0 unspecified atom stereocenters. The molecule has 0 radical (unpaired) electrons. The van der Waals surface area contributed by atoms with Crippen molar-refractivity contribution in [2.75, 3.05) is 13.7 Å². The molecule has 1 aromatic heterocycles. The van der Waals surface area contributed by atoms with E-state index in [9.17, 15) is 9.59 Å². The molecule has 0 saturated heterocycles. The van der Waals surface area contributed by atoms with Gasteiger partial charge in [-0.3, -0.25) is 9.59 Å². The Hall–Kier alpha value is -1.36. The lowest BCUT2D eigenvalue weighted by Crippen LogP contribution is -2.41. The van der Waals surface area contributed by atoms with E-state index in [4.69, 9.17) is 0 Å². The second-order valence-corrected chi connectivity index (χ2v) is 5.89. The molecule has 100 valence electrons. The second kappa shape index (κ2) is 6.00. The first kappa shape index (κ1) is 14.7. The van der Waals surface area contributed by atoms with Gasteiger partial charge in [-0.05, 0) is 33.8 Å². The third-order valence-corrected chi connectivity index (χ3v) is 3.65. The van der Waals surface area contributed by atoms with Crippen molar-refractivity contribution in [3.8, 4) is 0 Å². The Morgan fingerprint density at radius 1 is 1.39 bits per heavy atom. The molecule has 0 saturated carbocycles. The summed E-state index contributed by atoms with van der Waals surface area (Å²) in [5, 5.41) is 0. The number of methoxy groups -OCH3 is 1. The minimum Gasteiger partial charge on any atom is -0.468 e. The van der Waals surface area contributed by atoms with Crippen LogP contribution in [-0.4, -0.2) is 36.5 Å². The third-order valence-electron chi connectivity index (χ3n) is 2.68. The molecule has 0 aliphatic carbocycles. The molecule has 0 aliphatic rings. The molecular weight excluding hydrogens is 250 g/mol. The quantitative estimate of drug-likeness (QED) is 0.788. The SMILES string of the molecule is COC(=O)CN(C(=O)c1cc(C)sc1C)C(C)C. The van der Waals surface area contributed by atoms with Crippen molar-refractivity contribution in [3.63, 3.8) is 0 Å². The average Bonchev–Trinajstić information content (AvgIpc) is 2.63. The summed E-state index contributed by atoms with van der Waals surface area (Å²) in [6.45, 7) is 7.64. The van der Waals surface area contributed by atoms with Gasteiger partial charge in [-0.15, -0.1) is 11.3 Å². The smallest absolute Gasteiger partial charge is 0.325 e. The Balaban J connectivity index is 2.96. The maximum atomic E-state index is 12.4. The summed E-state index contributed by atoms with van der Waals surface area (Å²) in [6, 6.07) is 1.82. The molecule has 0 bridgehead atoms. The zero-order valence-electron chi connectivity index (χ0n) is 11.4. The van der Waals surface area contributed by atoms with Gasteiger partial charge in [0.1, 0.15) is 6.54 Å². The predicted molar refractivity (Wildman–Crippen MR) is 72.0 cm³/mol. The fraction of sp³-hybridized carbons (Fsp3) is 0.538. The number of ether oxygens (including phenoxy) is 1. The number of rotatable bonds is 4. The van der Waals surface area contributed by atoms with Gasteiger partial charge in [0.15, 0.2) is 0 Å². The van der Waals surface area contributed by atoms with Crippen LogP contribution >= 0.6 is 11.3 Å². The number of hydrogen-bond acceptors (Lipinski definition) is 4. The lowest BCUT2D eigenvalue weighted by Gasteiger charge is -2.25. The Bertz CT molecular complexity index is 451. The van der Waals surface area contributed by atoms with Gasteiger partial charge < -0.3 is 9.64 Å². The number of hydrogen-bond donors (Lipinski definition) is 0. The summed E-state index contributed by atoms with van der Waals surface area (Å²) in [6.07, 6.45) is 0. The van der Waals surface area contributed by atoms with Crippen molar-refractivity contribution in [2.45, 2.75) is 33.7 Å². The monoisotopic (exact) mass is 269 g/mol. The van der Waals surface area contributed by atoms with Crippen LogP contribution < -0.4 is 0 Å². The van der Waals surface area contributed by atoms with Crippen LogP contribution in [0.3, 0.4) is 0 Å². The Labute approximate surface area is 112 Å². The van der Waals surface area contributed by atoms with E-state index in [0.717, 1.165) is 9.75 Å². The maximum absolute atomic E-state index is 12.4. The van der Waals surface area contributed by atoms with Gasteiger partial charge in [0.2, 0.25) is 0 Å². The second-order valence-electron chi connectivity index (χ2n) is 4.43. The summed E-state index contributed by atoms with van der Waals surface area (Å²) < 4.78 is 4.62. The number of thiophene rings is 1. The molecule has 0 fully saturated rings. The summed E-state index contributed by atoms with van der Waals surface area (Å²) in [5.74, 6) is -0.515. The van der Waals surface area contributed by atoms with E-state index < -0.39 is 5.97 Å². The van der Waals surface area contributed by atoms with Gasteiger partial charge in [-0.25, -0.2) is 0 Å². The standard InChI is InChI=1S/C13H19NO3S/c1-8(2)14(7-12(15)17-5)13(16)11-6-9(3)18-10(11)4/h6,8H,7H2,1-5H3. The first-order valence-corrected chi connectivity index (χ1v) is 6.63. The molecule has 0 N–H and O–H groups in total. The van der Waals surface area contributed by atoms with Crippen LogP contribution in [0.1, 0.15) is 34.0 Å². The van der Waals surface area contributed by atoms with Crippen LogP contribution in [0.25, 0.3) is 0 Å². The summed E-state index contributed by atoms with van der Waals surface area (Å²) in [4.78, 5) is 27.3. The number of aryl methyl sites for hydroxylation is 2. The van der Waals surface area contributed by atoms with Gasteiger partial charge in [0.05, 0.1) is 12.7 Å². The average molecular weight is 269 g/mol. The van der Waals surface area contributed by atoms with Gasteiger partial charge in [0, 0.05) is 15.8 Å². The lowest BCUT2D eigenvalue weighted by molar-refractivity contribution is -0.141. The largest absolute Gasteiger partial charge is 0.468 e. The first-order valence-electron chi connectivity index (χ1n) is 5.81. The van der Waals surface area contributed by atoms with E-state index in [0.29, 0.717) is 5.56 Å². The number of esters is 1. The lowest BCUT2D eigenvalue weighted by atomic mass is 10.2. The molecule has 0 spiro atoms. The highest BCUT2D eigenvalue weighted by Gasteiger charge is 2.24. The van der Waals surface area contributed by atoms with Crippen LogP contribution in [0.4, 0.5) is 0 Å². The van der Waals surface area contributed by atoms with Crippen LogP contribution in [0.5, 0.6) is 0 Å². The van der Waals surface area contributed by atoms with Crippen LogP contribution in [0.2, 0.25) is 0 Å². The maximum Gasteiger partial charge on any atom is 0.325 e. The van der Waals surface area contributed by atoms with Crippen molar-refractivity contribution in [2.24, 2.45) is 0 Å². The highest BCUT2D eigenvalue weighted by molar-refractivity contribution is 7.12. The normalized spacial score (nSPS) is 10.6. The minimum absolute atomic E-state index is 0.0126. The Morgan fingerprint density at radius 3 is 2.39 bits per heavy atom. The van der Waals surface area contributed by atoms with E-state index in [-0.39, 0.29) is 18.5 Å². The third kappa shape index (κ3) is 3.32. The topological polar surface area (TPSA) is 46.6 Å². The van der Waals surface area contributed by atoms with E-state index >= 15 is 0 Å². The highest BCUT2D eigenvalue weighted by Crippen LogP contribution is 2.22. The molecule has 5 heteroatoms. The highest BCUT2D eigenvalue weighted by atomic mass is 32.1. The zero-order valence-corrected chi connectivity index (χ0v) is 12.3. The van der Waals surface area contributed by atoms with Gasteiger partial charge in [-0.1, -0.05) is 0 Å². The zero-order chi connectivity index (χ0) is 13.9. The van der Waals surface area contributed by atoms with Crippen molar-refractivity contribution >= 4 is 23.2 Å². The fourth-order valence-corrected chi connectivity index (χ4v) is 2.61. The van der Waals surface area contributed by atoms with Crippen molar-refractivity contribution in [1.82, 2.24) is 4.90 Å². The Morgan fingerprint density at radius 2 is 2.00 bits per heavy atom. The number of amides is 1. The molecule has 1 aromatic rings. The molecular formula is C13H19NO3S.